The lowest BCUT2D eigenvalue weighted by molar-refractivity contribution is -0.130. The van der Waals surface area contributed by atoms with Gasteiger partial charge in [-0.25, -0.2) is 0 Å². The van der Waals surface area contributed by atoms with Crippen molar-refractivity contribution in [1.82, 2.24) is 20.2 Å². The van der Waals surface area contributed by atoms with E-state index in [0.717, 1.165) is 38.2 Å². The summed E-state index contributed by atoms with van der Waals surface area (Å²) in [5.41, 5.74) is 1.76. The molecule has 1 aliphatic rings. The van der Waals surface area contributed by atoms with Gasteiger partial charge in [0.15, 0.2) is 0 Å². The van der Waals surface area contributed by atoms with Crippen LogP contribution < -0.4 is 5.32 Å². The molecular formula is C22H30N4O. The van der Waals surface area contributed by atoms with E-state index in [9.17, 15) is 4.79 Å². The number of amides is 1. The molecule has 27 heavy (non-hydrogen) atoms. The van der Waals surface area contributed by atoms with Gasteiger partial charge in [0.1, 0.15) is 0 Å². The van der Waals surface area contributed by atoms with Crippen LogP contribution in [0.1, 0.15) is 50.9 Å². The Morgan fingerprint density at radius 1 is 1.26 bits per heavy atom. The first-order chi connectivity index (χ1) is 12.9. The SMILES string of the molecule is CC(C)(C)C(=O)NC(c1ccccn1)C1CCCN(Cc2cccnc2)C1. The summed E-state index contributed by atoms with van der Waals surface area (Å²) in [6.07, 6.45) is 7.76. The highest BCUT2D eigenvalue weighted by Crippen LogP contribution is 2.30. The molecule has 1 N–H and O–H groups in total. The first-order valence-electron chi connectivity index (χ1n) is 9.76. The van der Waals surface area contributed by atoms with Gasteiger partial charge in [0.05, 0.1) is 11.7 Å². The monoisotopic (exact) mass is 366 g/mol. The van der Waals surface area contributed by atoms with Crippen LogP contribution in [0.25, 0.3) is 0 Å². The Bertz CT molecular complexity index is 727. The highest BCUT2D eigenvalue weighted by atomic mass is 16.2. The summed E-state index contributed by atoms with van der Waals surface area (Å²) in [7, 11) is 0. The normalized spacial score (nSPS) is 19.4. The number of nitrogens with one attached hydrogen (secondary N) is 1. The molecule has 5 heteroatoms. The van der Waals surface area contributed by atoms with E-state index in [0.29, 0.717) is 5.92 Å². The van der Waals surface area contributed by atoms with Crippen molar-refractivity contribution in [3.05, 3.63) is 60.2 Å². The maximum absolute atomic E-state index is 12.7. The maximum Gasteiger partial charge on any atom is 0.225 e. The minimum Gasteiger partial charge on any atom is -0.347 e. The van der Waals surface area contributed by atoms with E-state index in [-0.39, 0.29) is 11.9 Å². The predicted octanol–water partition coefficient (Wildman–Crippen LogP) is 3.59. The van der Waals surface area contributed by atoms with Gasteiger partial charge in [0, 0.05) is 37.1 Å². The molecule has 2 aromatic heterocycles. The van der Waals surface area contributed by atoms with E-state index in [1.165, 1.54) is 5.56 Å². The molecule has 2 unspecified atom stereocenters. The molecule has 0 aliphatic carbocycles. The fourth-order valence-electron chi connectivity index (χ4n) is 3.61. The van der Waals surface area contributed by atoms with E-state index < -0.39 is 5.41 Å². The third kappa shape index (κ3) is 5.36. The number of piperidine rings is 1. The number of rotatable bonds is 5. The Balaban J connectivity index is 1.76. The van der Waals surface area contributed by atoms with E-state index in [2.05, 4.69) is 26.3 Å². The molecule has 5 nitrogen and oxygen atoms in total. The van der Waals surface area contributed by atoms with Gasteiger partial charge in [-0.05, 0) is 49.1 Å². The lowest BCUT2D eigenvalue weighted by Crippen LogP contribution is -2.45. The molecule has 0 aromatic carbocycles. The number of hydrogen-bond acceptors (Lipinski definition) is 4. The Hall–Kier alpha value is -2.27. The van der Waals surface area contributed by atoms with Crippen molar-refractivity contribution in [3.8, 4) is 0 Å². The molecule has 0 spiro atoms. The van der Waals surface area contributed by atoms with Crippen LogP contribution in [-0.2, 0) is 11.3 Å². The molecule has 1 aliphatic heterocycles. The average molecular weight is 367 g/mol. The van der Waals surface area contributed by atoms with Gasteiger partial charge in [-0.15, -0.1) is 0 Å². The summed E-state index contributed by atoms with van der Waals surface area (Å²) >= 11 is 0. The fourth-order valence-corrected chi connectivity index (χ4v) is 3.61. The van der Waals surface area contributed by atoms with Crippen molar-refractivity contribution < 1.29 is 4.79 Å². The predicted molar refractivity (Wildman–Crippen MR) is 107 cm³/mol. The van der Waals surface area contributed by atoms with Crippen LogP contribution in [0.5, 0.6) is 0 Å². The summed E-state index contributed by atoms with van der Waals surface area (Å²) < 4.78 is 0. The number of aromatic nitrogens is 2. The largest absolute Gasteiger partial charge is 0.347 e. The zero-order valence-corrected chi connectivity index (χ0v) is 16.6. The van der Waals surface area contributed by atoms with Crippen molar-refractivity contribution >= 4 is 5.91 Å². The second-order valence-electron chi connectivity index (χ2n) is 8.45. The van der Waals surface area contributed by atoms with E-state index in [1.807, 2.05) is 63.6 Å². The molecule has 2 aromatic rings. The number of carbonyl (C=O) groups is 1. The highest BCUT2D eigenvalue weighted by molar-refractivity contribution is 5.81. The molecular weight excluding hydrogens is 336 g/mol. The fraction of sp³-hybridized carbons (Fsp3) is 0.500. The second-order valence-corrected chi connectivity index (χ2v) is 8.45. The number of hydrogen-bond donors (Lipinski definition) is 1. The van der Waals surface area contributed by atoms with Gasteiger partial charge in [-0.3, -0.25) is 19.7 Å². The van der Waals surface area contributed by atoms with Gasteiger partial charge < -0.3 is 5.32 Å². The van der Waals surface area contributed by atoms with Crippen LogP contribution >= 0.6 is 0 Å². The lowest BCUT2D eigenvalue weighted by atomic mass is 9.86. The van der Waals surface area contributed by atoms with Crippen LogP contribution in [0.15, 0.2) is 48.9 Å². The first-order valence-corrected chi connectivity index (χ1v) is 9.76. The third-order valence-corrected chi connectivity index (χ3v) is 5.12. The van der Waals surface area contributed by atoms with Crippen molar-refractivity contribution in [2.45, 2.75) is 46.2 Å². The number of pyridine rings is 2. The van der Waals surface area contributed by atoms with Crippen LogP contribution in [0.4, 0.5) is 0 Å². The van der Waals surface area contributed by atoms with Crippen LogP contribution in [0.2, 0.25) is 0 Å². The van der Waals surface area contributed by atoms with Gasteiger partial charge >= 0.3 is 0 Å². The number of carbonyl (C=O) groups excluding carboxylic acids is 1. The molecule has 1 amide bonds. The van der Waals surface area contributed by atoms with Crippen LogP contribution in [-0.4, -0.2) is 33.9 Å². The minimum atomic E-state index is -0.420. The van der Waals surface area contributed by atoms with Crippen LogP contribution in [0.3, 0.4) is 0 Å². The quantitative estimate of drug-likeness (QED) is 0.878. The number of likely N-dealkylation sites (tertiary alicyclic amines) is 1. The molecule has 2 atom stereocenters. The van der Waals surface area contributed by atoms with E-state index >= 15 is 0 Å². The zero-order chi connectivity index (χ0) is 19.3. The Labute approximate surface area is 162 Å². The van der Waals surface area contributed by atoms with Gasteiger partial charge in [0.25, 0.3) is 0 Å². The number of nitrogens with zero attached hydrogens (tertiary/aromatic N) is 3. The molecule has 0 radical (unpaired) electrons. The first kappa shape index (κ1) is 19.5. The van der Waals surface area contributed by atoms with Gasteiger partial charge in [-0.2, -0.15) is 0 Å². The maximum atomic E-state index is 12.7. The van der Waals surface area contributed by atoms with Crippen molar-refractivity contribution in [2.75, 3.05) is 13.1 Å². The van der Waals surface area contributed by atoms with Crippen molar-refractivity contribution in [3.63, 3.8) is 0 Å². The standard InChI is InChI=1S/C22H30N4O/c1-22(2,3)21(27)25-20(19-10-4-5-12-24-19)18-9-7-13-26(16-18)15-17-8-6-11-23-14-17/h4-6,8,10-12,14,18,20H,7,9,13,15-16H2,1-3H3,(H,25,27). The summed E-state index contributed by atoms with van der Waals surface area (Å²) in [6.45, 7) is 8.77. The molecule has 1 saturated heterocycles. The van der Waals surface area contributed by atoms with Crippen molar-refractivity contribution in [1.29, 1.82) is 0 Å². The molecule has 3 heterocycles. The lowest BCUT2D eigenvalue weighted by Gasteiger charge is -2.38. The molecule has 0 bridgehead atoms. The van der Waals surface area contributed by atoms with Crippen LogP contribution in [0, 0.1) is 11.3 Å². The molecule has 0 saturated carbocycles. The van der Waals surface area contributed by atoms with E-state index in [4.69, 9.17) is 0 Å². The smallest absolute Gasteiger partial charge is 0.225 e. The summed E-state index contributed by atoms with van der Waals surface area (Å²) in [5, 5.41) is 3.29. The molecule has 144 valence electrons. The van der Waals surface area contributed by atoms with Gasteiger partial charge in [-0.1, -0.05) is 32.9 Å². The minimum absolute atomic E-state index is 0.0605. The van der Waals surface area contributed by atoms with Crippen molar-refractivity contribution in [2.24, 2.45) is 11.3 Å². The third-order valence-electron chi connectivity index (χ3n) is 5.12. The molecule has 1 fully saturated rings. The van der Waals surface area contributed by atoms with E-state index in [1.54, 1.807) is 0 Å². The Morgan fingerprint density at radius 3 is 2.78 bits per heavy atom. The second kappa shape index (κ2) is 8.61. The average Bonchev–Trinajstić information content (AvgIpc) is 2.67. The summed E-state index contributed by atoms with van der Waals surface area (Å²) in [6, 6.07) is 9.98. The zero-order valence-electron chi connectivity index (χ0n) is 16.6. The topological polar surface area (TPSA) is 58.1 Å². The molecule has 3 rings (SSSR count). The summed E-state index contributed by atoms with van der Waals surface area (Å²) in [5.74, 6) is 0.416. The van der Waals surface area contributed by atoms with Gasteiger partial charge in [0.2, 0.25) is 5.91 Å². The Morgan fingerprint density at radius 2 is 2.11 bits per heavy atom. The Kier molecular flexibility index (Phi) is 6.22. The highest BCUT2D eigenvalue weighted by Gasteiger charge is 2.33. The summed E-state index contributed by atoms with van der Waals surface area (Å²) in [4.78, 5) is 23.9.